The van der Waals surface area contributed by atoms with Gasteiger partial charge < -0.3 is 39.4 Å². The molecule has 6 unspecified atom stereocenters. The third kappa shape index (κ3) is 37.2. The van der Waals surface area contributed by atoms with Gasteiger partial charge in [0, 0.05) is 13.0 Å². The Morgan fingerprint density at radius 3 is 1.11 bits per heavy atom. The Kier molecular flexibility index (Phi) is 45.2. The number of rotatable bonds is 50. The molecule has 0 spiro atoms. The van der Waals surface area contributed by atoms with Gasteiger partial charge in [-0.25, -0.2) is 0 Å². The monoisotopic (exact) mass is 913 g/mol. The van der Waals surface area contributed by atoms with Gasteiger partial charge in [0.1, 0.15) is 30.5 Å². The van der Waals surface area contributed by atoms with Crippen molar-refractivity contribution in [2.45, 2.75) is 320 Å². The third-order valence-corrected chi connectivity index (χ3v) is 13.5. The van der Waals surface area contributed by atoms with Crippen molar-refractivity contribution in [1.82, 2.24) is 0 Å². The minimum atomic E-state index is -1.53. The van der Waals surface area contributed by atoms with E-state index < -0.39 is 43.4 Å². The Labute approximate surface area is 395 Å². The van der Waals surface area contributed by atoms with E-state index in [1.165, 1.54) is 231 Å². The molecule has 0 aromatic carbocycles. The van der Waals surface area contributed by atoms with Crippen LogP contribution in [0.5, 0.6) is 0 Å². The van der Waals surface area contributed by atoms with Crippen molar-refractivity contribution in [3.8, 4) is 0 Å². The Morgan fingerprint density at radius 2 is 0.766 bits per heavy atom. The summed E-state index contributed by atoms with van der Waals surface area (Å²) in [6, 6.07) is 0. The van der Waals surface area contributed by atoms with Gasteiger partial charge in [0.25, 0.3) is 0 Å². The smallest absolute Gasteiger partial charge is 0.306 e. The van der Waals surface area contributed by atoms with Crippen LogP contribution in [0.1, 0.15) is 284 Å². The lowest BCUT2D eigenvalue weighted by molar-refractivity contribution is -0.305. The van der Waals surface area contributed by atoms with Gasteiger partial charge in [-0.05, 0) is 12.8 Å². The summed E-state index contributed by atoms with van der Waals surface area (Å²) in [5.41, 5.74) is 0. The van der Waals surface area contributed by atoms with Gasteiger partial charge in [-0.2, -0.15) is 0 Å². The zero-order valence-electron chi connectivity index (χ0n) is 42.3. The van der Waals surface area contributed by atoms with Crippen LogP contribution in [0.25, 0.3) is 0 Å². The van der Waals surface area contributed by atoms with Crippen LogP contribution < -0.4 is 0 Å². The van der Waals surface area contributed by atoms with Gasteiger partial charge in [0.2, 0.25) is 0 Å². The second-order valence-corrected chi connectivity index (χ2v) is 19.8. The maximum atomic E-state index is 12.9. The van der Waals surface area contributed by atoms with Crippen LogP contribution >= 0.6 is 0 Å². The molecule has 382 valence electrons. The Balaban J connectivity index is 2.14. The van der Waals surface area contributed by atoms with Gasteiger partial charge in [-0.1, -0.05) is 264 Å². The molecule has 1 rings (SSSR count). The fourth-order valence-electron chi connectivity index (χ4n) is 9.14. The molecule has 0 bridgehead atoms. The predicted molar refractivity (Wildman–Crippen MR) is 266 cm³/mol. The summed E-state index contributed by atoms with van der Waals surface area (Å²) in [5, 5.41) is 40.3. The number of aliphatic hydroxyl groups is 4. The lowest BCUT2D eigenvalue weighted by Crippen LogP contribution is -2.59. The first-order valence-corrected chi connectivity index (χ1v) is 28.1. The number of hydrogen-bond donors (Lipinski definition) is 4. The second-order valence-electron chi connectivity index (χ2n) is 19.8. The Hall–Kier alpha value is -0.810. The second kappa shape index (κ2) is 47.3. The van der Waals surface area contributed by atoms with Gasteiger partial charge in [0.15, 0.2) is 6.29 Å². The Morgan fingerprint density at radius 1 is 0.438 bits per heavy atom. The molecule has 0 amide bonds. The first kappa shape index (κ1) is 61.2. The van der Waals surface area contributed by atoms with Crippen molar-refractivity contribution >= 4 is 5.97 Å². The molecule has 1 fully saturated rings. The summed E-state index contributed by atoms with van der Waals surface area (Å²) in [5.74, 6) is -0.303. The van der Waals surface area contributed by atoms with Crippen molar-refractivity contribution in [1.29, 1.82) is 0 Å². The average molecular weight is 913 g/mol. The van der Waals surface area contributed by atoms with Gasteiger partial charge in [0.05, 0.1) is 19.8 Å². The molecule has 1 aliphatic rings. The number of aliphatic hydroxyl groups excluding tert-OH is 4. The number of ether oxygens (including phenoxy) is 4. The van der Waals surface area contributed by atoms with Crippen LogP contribution in [0.2, 0.25) is 0 Å². The summed E-state index contributed by atoms with van der Waals surface area (Å²) in [6.07, 6.45) is 47.2. The molecule has 1 saturated heterocycles. The lowest BCUT2D eigenvalue weighted by atomic mass is 9.99. The van der Waals surface area contributed by atoms with Crippen molar-refractivity contribution in [3.63, 3.8) is 0 Å². The van der Waals surface area contributed by atoms with E-state index in [0.717, 1.165) is 32.1 Å². The van der Waals surface area contributed by atoms with Crippen LogP contribution in [-0.2, 0) is 23.7 Å². The summed E-state index contributed by atoms with van der Waals surface area (Å²) in [7, 11) is 0. The average Bonchev–Trinajstić information content (AvgIpc) is 3.30. The number of esters is 1. The van der Waals surface area contributed by atoms with E-state index in [4.69, 9.17) is 18.9 Å². The molecular weight excluding hydrogens is 805 g/mol. The normalized spacial score (nSPS) is 19.4. The van der Waals surface area contributed by atoms with Crippen LogP contribution in [-0.4, -0.2) is 89.6 Å². The van der Waals surface area contributed by atoms with Crippen LogP contribution in [0.4, 0.5) is 0 Å². The number of unbranched alkanes of at least 4 members (excludes halogenated alkanes) is 39. The fraction of sp³-hybridized carbons (Fsp3) is 0.982. The van der Waals surface area contributed by atoms with E-state index in [-0.39, 0.29) is 19.2 Å². The highest BCUT2D eigenvalue weighted by atomic mass is 16.7. The summed E-state index contributed by atoms with van der Waals surface area (Å²) in [4.78, 5) is 12.9. The highest BCUT2D eigenvalue weighted by molar-refractivity contribution is 5.69. The minimum absolute atomic E-state index is 0.104. The van der Waals surface area contributed by atoms with Crippen LogP contribution in [0, 0.1) is 0 Å². The summed E-state index contributed by atoms with van der Waals surface area (Å²) >= 11 is 0. The van der Waals surface area contributed by atoms with Crippen molar-refractivity contribution in [2.24, 2.45) is 0 Å². The predicted octanol–water partition coefficient (Wildman–Crippen LogP) is 14.2. The highest BCUT2D eigenvalue weighted by Crippen LogP contribution is 2.23. The lowest BCUT2D eigenvalue weighted by Gasteiger charge is -2.39. The number of hydrogen-bond acceptors (Lipinski definition) is 9. The minimum Gasteiger partial charge on any atom is -0.457 e. The molecule has 4 N–H and O–H groups in total. The summed E-state index contributed by atoms with van der Waals surface area (Å²) in [6.45, 7) is 4.64. The van der Waals surface area contributed by atoms with E-state index >= 15 is 0 Å². The number of carbonyl (C=O) groups is 1. The molecule has 6 atom stereocenters. The molecule has 0 saturated carbocycles. The van der Waals surface area contributed by atoms with Crippen molar-refractivity contribution in [3.05, 3.63) is 0 Å². The fourth-order valence-corrected chi connectivity index (χ4v) is 9.14. The molecule has 64 heavy (non-hydrogen) atoms. The zero-order chi connectivity index (χ0) is 46.4. The van der Waals surface area contributed by atoms with E-state index in [0.29, 0.717) is 13.0 Å². The van der Waals surface area contributed by atoms with E-state index in [1.54, 1.807) is 0 Å². The first-order chi connectivity index (χ1) is 31.4. The maximum Gasteiger partial charge on any atom is 0.306 e. The number of carbonyl (C=O) groups excluding carboxylic acids is 1. The largest absolute Gasteiger partial charge is 0.457 e. The molecule has 1 aliphatic heterocycles. The molecule has 0 aromatic heterocycles. The molecule has 9 heteroatoms. The van der Waals surface area contributed by atoms with E-state index in [9.17, 15) is 25.2 Å². The Bertz CT molecular complexity index is 950. The quantitative estimate of drug-likeness (QED) is 0.0347. The topological polar surface area (TPSA) is 135 Å². The van der Waals surface area contributed by atoms with Crippen molar-refractivity contribution in [2.75, 3.05) is 26.4 Å². The maximum absolute atomic E-state index is 12.9. The van der Waals surface area contributed by atoms with E-state index in [2.05, 4.69) is 13.8 Å². The van der Waals surface area contributed by atoms with Gasteiger partial charge in [-0.3, -0.25) is 4.79 Å². The van der Waals surface area contributed by atoms with E-state index in [1.807, 2.05) is 0 Å². The first-order valence-electron chi connectivity index (χ1n) is 28.1. The molecule has 0 radical (unpaired) electrons. The highest BCUT2D eigenvalue weighted by Gasteiger charge is 2.44. The molecule has 0 aliphatic carbocycles. The van der Waals surface area contributed by atoms with Gasteiger partial charge >= 0.3 is 5.97 Å². The molecular formula is C55H108O9. The zero-order valence-corrected chi connectivity index (χ0v) is 42.3. The van der Waals surface area contributed by atoms with Crippen LogP contribution in [0.3, 0.4) is 0 Å². The van der Waals surface area contributed by atoms with Crippen LogP contribution in [0.15, 0.2) is 0 Å². The molecule has 9 nitrogen and oxygen atoms in total. The van der Waals surface area contributed by atoms with Crippen molar-refractivity contribution < 1.29 is 44.2 Å². The standard InChI is InChI=1S/C55H108O9/c1-3-5-7-9-11-13-15-17-19-21-23-24-25-26-28-30-32-34-36-38-40-42-44-51(57)63-49(48-62-55-54(60)53(59)52(58)50(46-56)64-55)47-61-45-43-41-39-37-35-33-31-29-27-22-20-18-16-14-12-10-8-6-4-2/h49-50,52-56,58-60H,3-48H2,1-2H3. The molecule has 1 heterocycles. The third-order valence-electron chi connectivity index (χ3n) is 13.5. The SMILES string of the molecule is CCCCCCCCCCCCCCCCCCCCCCCCC(=O)OC(COCCCCCCCCCCCCCCCCCCCCC)COC1OC(CO)C(O)C(O)C1O. The molecule has 0 aromatic rings. The summed E-state index contributed by atoms with van der Waals surface area (Å²) < 4.78 is 23.0. The van der Waals surface area contributed by atoms with Gasteiger partial charge in [-0.15, -0.1) is 0 Å².